The molecule has 0 saturated heterocycles. The zero-order chi connectivity index (χ0) is 30.2. The Kier molecular flexibility index (Phi) is 9.45. The van der Waals surface area contributed by atoms with Crippen LogP contribution in [0.5, 0.6) is 0 Å². The van der Waals surface area contributed by atoms with Gasteiger partial charge >= 0.3 is 5.97 Å². The number of aromatic amines is 1. The number of aromatic nitrogens is 3. The fourth-order valence-corrected chi connectivity index (χ4v) is 4.47. The Bertz CT molecular complexity index is 1590. The summed E-state index contributed by atoms with van der Waals surface area (Å²) in [6.07, 6.45) is 2.81. The number of carboxylic acid groups (broad SMARTS) is 1. The molecule has 0 bridgehead atoms. The number of fused-ring (bicyclic) bond motifs is 1. The molecule has 218 valence electrons. The number of carboxylic acids is 1. The maximum atomic E-state index is 12.7. The van der Waals surface area contributed by atoms with E-state index in [0.717, 1.165) is 16.7 Å². The fourth-order valence-electron chi connectivity index (χ4n) is 4.47. The van der Waals surface area contributed by atoms with Gasteiger partial charge in [0, 0.05) is 18.2 Å². The number of aryl methyl sites for hydroxylation is 2. The molecule has 13 nitrogen and oxygen atoms in total. The molecular formula is C29H32N8O5. The second kappa shape index (κ2) is 13.4. The molecule has 0 aliphatic heterocycles. The zero-order valence-corrected chi connectivity index (χ0v) is 22.7. The van der Waals surface area contributed by atoms with E-state index in [1.165, 1.54) is 0 Å². The number of aliphatic carboxylic acids is 1. The number of hydrogen-bond acceptors (Lipinski definition) is 9. The average molecular weight is 573 g/mol. The molecule has 2 atom stereocenters. The van der Waals surface area contributed by atoms with Crippen molar-refractivity contribution in [3.8, 4) is 0 Å². The molecule has 3 amide bonds. The van der Waals surface area contributed by atoms with Crippen LogP contribution in [-0.2, 0) is 33.6 Å². The number of carbonyl (C=O) groups excluding carboxylic acids is 3. The second-order valence-electron chi connectivity index (χ2n) is 9.81. The van der Waals surface area contributed by atoms with Crippen LogP contribution in [0.1, 0.15) is 39.9 Å². The summed E-state index contributed by atoms with van der Waals surface area (Å²) < 4.78 is 0. The summed E-state index contributed by atoms with van der Waals surface area (Å²) in [5, 5.41) is 14.9. The number of nitrogens with one attached hydrogen (secondary N) is 3. The summed E-state index contributed by atoms with van der Waals surface area (Å²) >= 11 is 0. The number of nitrogens with two attached hydrogens (primary N) is 3. The lowest BCUT2D eigenvalue weighted by Crippen LogP contribution is -2.45. The number of nitrogens with zero attached hydrogens (tertiary/aromatic N) is 2. The quantitative estimate of drug-likeness (QED) is 0.128. The second-order valence-corrected chi connectivity index (χ2v) is 9.81. The lowest BCUT2D eigenvalue weighted by atomic mass is 10.0. The van der Waals surface area contributed by atoms with E-state index in [1.807, 2.05) is 30.3 Å². The van der Waals surface area contributed by atoms with E-state index in [0.29, 0.717) is 29.7 Å². The third-order valence-corrected chi connectivity index (χ3v) is 6.72. The minimum absolute atomic E-state index is 0.0880. The highest BCUT2D eigenvalue weighted by Gasteiger charge is 2.23. The number of benzene rings is 2. The molecule has 0 unspecified atom stereocenters. The summed E-state index contributed by atoms with van der Waals surface area (Å²) in [4.78, 5) is 60.2. The molecule has 0 spiro atoms. The van der Waals surface area contributed by atoms with E-state index in [9.17, 15) is 24.3 Å². The van der Waals surface area contributed by atoms with Crippen LogP contribution in [0.15, 0.2) is 60.8 Å². The average Bonchev–Trinajstić information content (AvgIpc) is 3.37. The first-order valence-electron chi connectivity index (χ1n) is 13.3. The van der Waals surface area contributed by atoms with Crippen LogP contribution in [0.25, 0.3) is 11.0 Å². The predicted molar refractivity (Wildman–Crippen MR) is 156 cm³/mol. The molecule has 2 aromatic heterocycles. The molecule has 13 heteroatoms. The maximum absolute atomic E-state index is 12.7. The van der Waals surface area contributed by atoms with Crippen molar-refractivity contribution in [1.29, 1.82) is 0 Å². The van der Waals surface area contributed by atoms with Crippen LogP contribution in [0.2, 0.25) is 0 Å². The van der Waals surface area contributed by atoms with Crippen molar-refractivity contribution in [3.63, 3.8) is 0 Å². The molecule has 2 aromatic carbocycles. The number of carbonyl (C=O) groups is 4. The number of anilines is 2. The van der Waals surface area contributed by atoms with E-state index in [-0.39, 0.29) is 30.8 Å². The molecular weight excluding hydrogens is 540 g/mol. The van der Waals surface area contributed by atoms with Crippen LogP contribution in [0.3, 0.4) is 0 Å². The smallest absolute Gasteiger partial charge is 0.326 e. The Balaban J connectivity index is 1.26. The zero-order valence-electron chi connectivity index (χ0n) is 22.7. The monoisotopic (exact) mass is 572 g/mol. The summed E-state index contributed by atoms with van der Waals surface area (Å²) in [5.74, 6) is -2.86. The number of hydrogen-bond donors (Lipinski definition) is 7. The van der Waals surface area contributed by atoms with E-state index >= 15 is 0 Å². The van der Waals surface area contributed by atoms with Crippen molar-refractivity contribution < 1.29 is 24.3 Å². The van der Waals surface area contributed by atoms with Crippen LogP contribution in [0, 0.1) is 0 Å². The Labute approximate surface area is 240 Å². The van der Waals surface area contributed by atoms with E-state index in [1.54, 1.807) is 30.5 Å². The van der Waals surface area contributed by atoms with Gasteiger partial charge in [-0.1, -0.05) is 42.5 Å². The highest BCUT2D eigenvalue weighted by atomic mass is 16.4. The standard InChI is InChI=1S/C29H32N8O5/c30-20(14-17-4-2-1-3-5-17)27(40)35-22(38)13-12-21(28(41)42)34-26(39)18-9-6-16(7-10-18)8-11-19-15-33-25-23(19)24(31)36-29(32)37-25/h1-7,9-10,15,20-21H,8,11-14,30H2,(H,34,39)(H,41,42)(H,35,38,40)(H5,31,32,33,36,37)/t20-,21-/m0/s1. The highest BCUT2D eigenvalue weighted by Crippen LogP contribution is 2.24. The van der Waals surface area contributed by atoms with E-state index in [2.05, 4.69) is 25.6 Å². The topological polar surface area (TPSA) is 232 Å². The molecule has 0 radical (unpaired) electrons. The molecule has 4 aromatic rings. The minimum atomic E-state index is -1.33. The maximum Gasteiger partial charge on any atom is 0.326 e. The molecule has 2 heterocycles. The third-order valence-electron chi connectivity index (χ3n) is 6.72. The SMILES string of the molecule is Nc1nc(N)c2c(CCc3ccc(C(=O)N[C@@H](CCC(=O)NC(=O)[C@@H](N)Cc4ccccc4)C(=O)O)cc3)c[nH]c2n1. The molecule has 0 aliphatic rings. The van der Waals surface area contributed by atoms with Crippen LogP contribution < -0.4 is 27.8 Å². The van der Waals surface area contributed by atoms with Gasteiger partial charge in [-0.3, -0.25) is 19.7 Å². The molecule has 0 saturated carbocycles. The fraction of sp³-hybridized carbons (Fsp3) is 0.241. The van der Waals surface area contributed by atoms with Crippen molar-refractivity contribution in [2.75, 3.05) is 11.5 Å². The van der Waals surface area contributed by atoms with Crippen molar-refractivity contribution >= 4 is 46.5 Å². The van der Waals surface area contributed by atoms with Gasteiger partial charge < -0.3 is 32.6 Å². The van der Waals surface area contributed by atoms with E-state index in [4.69, 9.17) is 17.2 Å². The normalized spacial score (nSPS) is 12.4. The number of amides is 3. The first kappa shape index (κ1) is 29.7. The van der Waals surface area contributed by atoms with E-state index < -0.39 is 35.8 Å². The minimum Gasteiger partial charge on any atom is -0.480 e. The van der Waals surface area contributed by atoms with Gasteiger partial charge in [0.1, 0.15) is 17.5 Å². The Morgan fingerprint density at radius 2 is 1.64 bits per heavy atom. The van der Waals surface area contributed by atoms with Crippen LogP contribution in [0.4, 0.5) is 11.8 Å². The van der Waals surface area contributed by atoms with Gasteiger partial charge in [0.25, 0.3) is 5.91 Å². The number of H-pyrrole nitrogens is 1. The predicted octanol–water partition coefficient (Wildman–Crippen LogP) is 1.08. The van der Waals surface area contributed by atoms with Gasteiger partial charge in [0.15, 0.2) is 0 Å². The lowest BCUT2D eigenvalue weighted by molar-refractivity contribution is -0.139. The Morgan fingerprint density at radius 1 is 0.929 bits per heavy atom. The summed E-state index contributed by atoms with van der Waals surface area (Å²) in [6, 6.07) is 13.6. The third kappa shape index (κ3) is 7.67. The number of nitrogen functional groups attached to an aromatic ring is 2. The molecule has 4 rings (SSSR count). The number of imide groups is 1. The lowest BCUT2D eigenvalue weighted by Gasteiger charge is -2.15. The summed E-state index contributed by atoms with van der Waals surface area (Å²) in [5.41, 5.74) is 21.1. The summed E-state index contributed by atoms with van der Waals surface area (Å²) in [6.45, 7) is 0. The van der Waals surface area contributed by atoms with Gasteiger partial charge in [0.2, 0.25) is 17.8 Å². The Hall–Kier alpha value is -5.30. The van der Waals surface area contributed by atoms with Crippen molar-refractivity contribution in [3.05, 3.63) is 83.0 Å². The van der Waals surface area contributed by atoms with Crippen molar-refractivity contribution in [1.82, 2.24) is 25.6 Å². The summed E-state index contributed by atoms with van der Waals surface area (Å²) in [7, 11) is 0. The number of rotatable bonds is 12. The van der Waals surface area contributed by atoms with Crippen molar-refractivity contribution in [2.24, 2.45) is 5.73 Å². The van der Waals surface area contributed by atoms with Gasteiger partial charge in [-0.25, -0.2) is 4.79 Å². The van der Waals surface area contributed by atoms with Gasteiger partial charge in [0.05, 0.1) is 11.4 Å². The van der Waals surface area contributed by atoms with Crippen LogP contribution >= 0.6 is 0 Å². The molecule has 0 fully saturated rings. The highest BCUT2D eigenvalue weighted by molar-refractivity contribution is 5.99. The largest absolute Gasteiger partial charge is 0.480 e. The molecule has 0 aliphatic carbocycles. The Morgan fingerprint density at radius 3 is 2.33 bits per heavy atom. The first-order chi connectivity index (χ1) is 20.1. The molecule has 10 N–H and O–H groups in total. The van der Waals surface area contributed by atoms with Gasteiger partial charge in [-0.15, -0.1) is 0 Å². The van der Waals surface area contributed by atoms with Gasteiger partial charge in [-0.2, -0.15) is 9.97 Å². The van der Waals surface area contributed by atoms with Gasteiger partial charge in [-0.05, 0) is 54.5 Å². The molecule has 42 heavy (non-hydrogen) atoms. The van der Waals surface area contributed by atoms with Crippen molar-refractivity contribution in [2.45, 2.75) is 44.2 Å². The van der Waals surface area contributed by atoms with Crippen LogP contribution in [-0.4, -0.2) is 55.8 Å². The first-order valence-corrected chi connectivity index (χ1v) is 13.3.